The molecular weight excluding hydrogens is 330 g/mol. The van der Waals surface area contributed by atoms with E-state index in [1.165, 1.54) is 6.26 Å². The Morgan fingerprint density at radius 3 is 2.81 bits per heavy atom. The molecule has 1 N–H and O–H groups in total. The SMILES string of the molecule is COc1ccccc1-c1nc2cc(C)ccn2c1NC(=O)c1ccco1. The number of methoxy groups -OCH3 is 1. The van der Waals surface area contributed by atoms with Crippen molar-refractivity contribution in [2.24, 2.45) is 0 Å². The summed E-state index contributed by atoms with van der Waals surface area (Å²) in [6.45, 7) is 2.00. The van der Waals surface area contributed by atoms with E-state index in [0.717, 1.165) is 16.8 Å². The molecule has 0 saturated heterocycles. The number of rotatable bonds is 4. The van der Waals surface area contributed by atoms with Crippen molar-refractivity contribution in [3.05, 3.63) is 72.3 Å². The molecule has 0 unspecified atom stereocenters. The summed E-state index contributed by atoms with van der Waals surface area (Å²) in [5.74, 6) is 1.14. The van der Waals surface area contributed by atoms with E-state index < -0.39 is 0 Å². The smallest absolute Gasteiger partial charge is 0.292 e. The number of carbonyl (C=O) groups is 1. The lowest BCUT2D eigenvalue weighted by atomic mass is 10.1. The lowest BCUT2D eigenvalue weighted by Crippen LogP contribution is -2.13. The fourth-order valence-electron chi connectivity index (χ4n) is 2.87. The number of hydrogen-bond acceptors (Lipinski definition) is 4. The molecule has 6 nitrogen and oxygen atoms in total. The van der Waals surface area contributed by atoms with Crippen LogP contribution in [-0.2, 0) is 0 Å². The summed E-state index contributed by atoms with van der Waals surface area (Å²) in [6.07, 6.45) is 3.35. The fourth-order valence-corrected chi connectivity index (χ4v) is 2.87. The van der Waals surface area contributed by atoms with Crippen molar-refractivity contribution in [2.45, 2.75) is 6.92 Å². The number of para-hydroxylation sites is 1. The van der Waals surface area contributed by atoms with Crippen LogP contribution in [0.3, 0.4) is 0 Å². The van der Waals surface area contributed by atoms with Gasteiger partial charge in [0.1, 0.15) is 22.9 Å². The predicted molar refractivity (Wildman–Crippen MR) is 98.6 cm³/mol. The number of imidazole rings is 1. The van der Waals surface area contributed by atoms with Gasteiger partial charge >= 0.3 is 0 Å². The molecule has 3 heterocycles. The zero-order chi connectivity index (χ0) is 18.1. The summed E-state index contributed by atoms with van der Waals surface area (Å²) in [5.41, 5.74) is 3.25. The third kappa shape index (κ3) is 2.71. The van der Waals surface area contributed by atoms with Crippen molar-refractivity contribution in [3.63, 3.8) is 0 Å². The largest absolute Gasteiger partial charge is 0.496 e. The van der Waals surface area contributed by atoms with Gasteiger partial charge in [0.15, 0.2) is 5.76 Å². The van der Waals surface area contributed by atoms with Crippen LogP contribution in [0.5, 0.6) is 5.75 Å². The third-order valence-electron chi connectivity index (χ3n) is 4.12. The van der Waals surface area contributed by atoms with Crippen LogP contribution in [-0.4, -0.2) is 22.4 Å². The van der Waals surface area contributed by atoms with Crippen molar-refractivity contribution in [2.75, 3.05) is 12.4 Å². The monoisotopic (exact) mass is 347 g/mol. The van der Waals surface area contributed by atoms with Crippen molar-refractivity contribution in [1.29, 1.82) is 0 Å². The molecule has 0 bridgehead atoms. The van der Waals surface area contributed by atoms with Crippen LogP contribution in [0.2, 0.25) is 0 Å². The van der Waals surface area contributed by atoms with Gasteiger partial charge < -0.3 is 14.5 Å². The van der Waals surface area contributed by atoms with E-state index >= 15 is 0 Å². The molecule has 0 atom stereocenters. The van der Waals surface area contributed by atoms with E-state index in [1.807, 2.05) is 53.9 Å². The van der Waals surface area contributed by atoms with Gasteiger partial charge in [-0.15, -0.1) is 0 Å². The second-order valence-electron chi connectivity index (χ2n) is 5.87. The zero-order valence-corrected chi connectivity index (χ0v) is 14.4. The Labute approximate surface area is 150 Å². The van der Waals surface area contributed by atoms with Gasteiger partial charge in [0.25, 0.3) is 5.91 Å². The average molecular weight is 347 g/mol. The van der Waals surface area contributed by atoms with Gasteiger partial charge in [-0.2, -0.15) is 0 Å². The second kappa shape index (κ2) is 6.40. The Hall–Kier alpha value is -3.54. The van der Waals surface area contributed by atoms with E-state index in [1.54, 1.807) is 19.2 Å². The van der Waals surface area contributed by atoms with E-state index in [-0.39, 0.29) is 11.7 Å². The molecule has 130 valence electrons. The highest BCUT2D eigenvalue weighted by molar-refractivity contribution is 6.04. The van der Waals surface area contributed by atoms with Gasteiger partial charge in [0.2, 0.25) is 0 Å². The molecule has 0 spiro atoms. The van der Waals surface area contributed by atoms with Crippen molar-refractivity contribution < 1.29 is 13.9 Å². The van der Waals surface area contributed by atoms with Gasteiger partial charge in [0.05, 0.1) is 13.4 Å². The van der Waals surface area contributed by atoms with Crippen molar-refractivity contribution in [1.82, 2.24) is 9.38 Å². The molecule has 3 aromatic heterocycles. The molecule has 6 heteroatoms. The Balaban J connectivity index is 1.90. The molecule has 0 fully saturated rings. The summed E-state index contributed by atoms with van der Waals surface area (Å²) < 4.78 is 12.5. The Morgan fingerprint density at radius 2 is 2.04 bits per heavy atom. The molecule has 1 aromatic carbocycles. The fraction of sp³-hybridized carbons (Fsp3) is 0.100. The van der Waals surface area contributed by atoms with Gasteiger partial charge in [-0.05, 0) is 48.9 Å². The number of ether oxygens (including phenoxy) is 1. The maximum Gasteiger partial charge on any atom is 0.292 e. The van der Waals surface area contributed by atoms with Crippen LogP contribution in [0.25, 0.3) is 16.9 Å². The Bertz CT molecular complexity index is 1080. The number of furan rings is 1. The van der Waals surface area contributed by atoms with Crippen LogP contribution in [0.4, 0.5) is 5.82 Å². The molecular formula is C20H17N3O3. The highest BCUT2D eigenvalue weighted by Gasteiger charge is 2.20. The maximum atomic E-state index is 12.5. The number of hydrogen-bond donors (Lipinski definition) is 1. The van der Waals surface area contributed by atoms with Gasteiger partial charge in [-0.25, -0.2) is 4.98 Å². The normalized spacial score (nSPS) is 10.8. The average Bonchev–Trinajstić information content (AvgIpc) is 3.30. The number of amides is 1. The molecule has 4 rings (SSSR count). The first-order chi connectivity index (χ1) is 12.7. The van der Waals surface area contributed by atoms with E-state index in [2.05, 4.69) is 5.32 Å². The predicted octanol–water partition coefficient (Wildman–Crippen LogP) is 4.16. The molecule has 0 saturated carbocycles. The first kappa shape index (κ1) is 16.0. The lowest BCUT2D eigenvalue weighted by molar-refractivity contribution is 0.0996. The number of anilines is 1. The maximum absolute atomic E-state index is 12.5. The quantitative estimate of drug-likeness (QED) is 0.602. The van der Waals surface area contributed by atoms with Crippen molar-refractivity contribution >= 4 is 17.4 Å². The summed E-state index contributed by atoms with van der Waals surface area (Å²) in [7, 11) is 1.61. The third-order valence-corrected chi connectivity index (χ3v) is 4.12. The van der Waals surface area contributed by atoms with E-state index in [4.69, 9.17) is 14.1 Å². The molecule has 26 heavy (non-hydrogen) atoms. The number of aromatic nitrogens is 2. The molecule has 0 aliphatic heterocycles. The first-order valence-electron chi connectivity index (χ1n) is 8.14. The molecule has 4 aromatic rings. The zero-order valence-electron chi connectivity index (χ0n) is 14.4. The minimum atomic E-state index is -0.339. The van der Waals surface area contributed by atoms with E-state index in [9.17, 15) is 4.79 Å². The number of fused-ring (bicyclic) bond motifs is 1. The lowest BCUT2D eigenvalue weighted by Gasteiger charge is -2.09. The molecule has 0 radical (unpaired) electrons. The molecule has 0 aliphatic carbocycles. The summed E-state index contributed by atoms with van der Waals surface area (Å²) >= 11 is 0. The Kier molecular flexibility index (Phi) is 3.93. The highest BCUT2D eigenvalue weighted by atomic mass is 16.5. The minimum Gasteiger partial charge on any atom is -0.496 e. The van der Waals surface area contributed by atoms with Gasteiger partial charge in [-0.3, -0.25) is 9.20 Å². The number of aryl methyl sites for hydroxylation is 1. The van der Waals surface area contributed by atoms with E-state index in [0.29, 0.717) is 17.3 Å². The number of benzene rings is 1. The summed E-state index contributed by atoms with van der Waals surface area (Å²) in [4.78, 5) is 17.3. The van der Waals surface area contributed by atoms with Crippen LogP contribution >= 0.6 is 0 Å². The first-order valence-corrected chi connectivity index (χ1v) is 8.14. The van der Waals surface area contributed by atoms with Crippen LogP contribution in [0.1, 0.15) is 16.1 Å². The number of nitrogens with zero attached hydrogens (tertiary/aromatic N) is 2. The number of carbonyl (C=O) groups excluding carboxylic acids is 1. The van der Waals surface area contributed by atoms with Gasteiger partial charge in [-0.1, -0.05) is 12.1 Å². The number of pyridine rings is 1. The number of nitrogens with one attached hydrogen (secondary N) is 1. The summed E-state index contributed by atoms with van der Waals surface area (Å²) in [5, 5.41) is 2.92. The standard InChI is InChI=1S/C20H17N3O3/c1-13-9-10-23-17(12-13)21-18(14-6-3-4-7-15(14)25-2)19(23)22-20(24)16-8-5-11-26-16/h3-12H,1-2H3,(H,22,24). The topological polar surface area (TPSA) is 68.8 Å². The highest BCUT2D eigenvalue weighted by Crippen LogP contribution is 2.35. The minimum absolute atomic E-state index is 0.234. The van der Waals surface area contributed by atoms with Crippen molar-refractivity contribution in [3.8, 4) is 17.0 Å². The molecule has 0 aliphatic rings. The molecule has 1 amide bonds. The Morgan fingerprint density at radius 1 is 1.19 bits per heavy atom. The second-order valence-corrected chi connectivity index (χ2v) is 5.87. The van der Waals surface area contributed by atoms with Crippen LogP contribution < -0.4 is 10.1 Å². The van der Waals surface area contributed by atoms with Crippen LogP contribution in [0.15, 0.2) is 65.4 Å². The van der Waals surface area contributed by atoms with Gasteiger partial charge in [0, 0.05) is 11.8 Å². The van der Waals surface area contributed by atoms with Crippen LogP contribution in [0, 0.1) is 6.92 Å². The summed E-state index contributed by atoms with van der Waals surface area (Å²) in [6, 6.07) is 14.8.